The van der Waals surface area contributed by atoms with Crippen LogP contribution in [0.3, 0.4) is 0 Å². The lowest BCUT2D eigenvalue weighted by atomic mass is 10.2. The molecule has 0 aliphatic heterocycles. The van der Waals surface area contributed by atoms with Crippen LogP contribution in [0, 0.1) is 0 Å². The van der Waals surface area contributed by atoms with Crippen LogP contribution in [0.15, 0.2) is 36.4 Å². The smallest absolute Gasteiger partial charge is 0.163 e. The maximum Gasteiger partial charge on any atom is 0.163 e. The van der Waals surface area contributed by atoms with Crippen LogP contribution in [0.4, 0.5) is 11.6 Å². The molecule has 0 radical (unpaired) electrons. The van der Waals surface area contributed by atoms with Crippen molar-refractivity contribution < 1.29 is 0 Å². The molecule has 0 aliphatic rings. The van der Waals surface area contributed by atoms with Gasteiger partial charge in [0, 0.05) is 18.2 Å². The Morgan fingerprint density at radius 1 is 1.00 bits per heavy atom. The first-order chi connectivity index (χ1) is 10.3. The Bertz CT molecular complexity index is 542. The fourth-order valence-corrected chi connectivity index (χ4v) is 2.10. The average molecular weight is 285 g/mol. The number of nitrogen functional groups attached to an aromatic ring is 1. The number of hydrazine groups is 1. The van der Waals surface area contributed by atoms with Crippen LogP contribution in [-0.4, -0.2) is 16.5 Å². The Labute approximate surface area is 126 Å². The quantitative estimate of drug-likeness (QED) is 0.393. The summed E-state index contributed by atoms with van der Waals surface area (Å²) in [5.74, 6) is 7.57. The van der Waals surface area contributed by atoms with Gasteiger partial charge in [0.2, 0.25) is 0 Å². The van der Waals surface area contributed by atoms with Crippen molar-refractivity contribution in [2.45, 2.75) is 32.6 Å². The number of aromatic nitrogens is 2. The summed E-state index contributed by atoms with van der Waals surface area (Å²) < 4.78 is 0. The van der Waals surface area contributed by atoms with Gasteiger partial charge in [0.1, 0.15) is 11.6 Å². The second kappa shape index (κ2) is 8.21. The van der Waals surface area contributed by atoms with Gasteiger partial charge in [-0.1, -0.05) is 56.5 Å². The maximum absolute atomic E-state index is 5.49. The van der Waals surface area contributed by atoms with Crippen molar-refractivity contribution in [2.24, 2.45) is 5.84 Å². The number of anilines is 2. The first-order valence-electron chi connectivity index (χ1n) is 7.48. The zero-order valence-corrected chi connectivity index (χ0v) is 12.5. The van der Waals surface area contributed by atoms with Crippen LogP contribution < -0.4 is 16.6 Å². The summed E-state index contributed by atoms with van der Waals surface area (Å²) in [4.78, 5) is 8.94. The summed E-state index contributed by atoms with van der Waals surface area (Å²) in [5.41, 5.74) is 3.57. The molecular formula is C16H23N5. The van der Waals surface area contributed by atoms with Crippen molar-refractivity contribution in [3.05, 3.63) is 36.4 Å². The molecule has 2 rings (SSSR count). The van der Waals surface area contributed by atoms with Crippen molar-refractivity contribution in [1.82, 2.24) is 9.97 Å². The minimum Gasteiger partial charge on any atom is -0.370 e. The van der Waals surface area contributed by atoms with Gasteiger partial charge < -0.3 is 10.7 Å². The number of rotatable bonds is 8. The number of nitrogens with one attached hydrogen (secondary N) is 2. The van der Waals surface area contributed by atoms with Gasteiger partial charge in [-0.25, -0.2) is 15.8 Å². The second-order valence-electron chi connectivity index (χ2n) is 4.96. The van der Waals surface area contributed by atoms with Gasteiger partial charge >= 0.3 is 0 Å². The molecule has 0 aliphatic carbocycles. The third kappa shape index (κ3) is 4.72. The Hall–Kier alpha value is -2.14. The highest BCUT2D eigenvalue weighted by molar-refractivity contribution is 5.60. The molecule has 21 heavy (non-hydrogen) atoms. The molecule has 0 atom stereocenters. The van der Waals surface area contributed by atoms with E-state index in [-0.39, 0.29) is 0 Å². The normalized spacial score (nSPS) is 10.4. The van der Waals surface area contributed by atoms with Crippen LogP contribution in [0.1, 0.15) is 32.6 Å². The average Bonchev–Trinajstić information content (AvgIpc) is 2.55. The van der Waals surface area contributed by atoms with Crippen LogP contribution >= 0.6 is 0 Å². The molecule has 0 saturated carbocycles. The molecule has 112 valence electrons. The predicted octanol–water partition coefficient (Wildman–Crippen LogP) is 3.42. The maximum atomic E-state index is 5.49. The zero-order chi connectivity index (χ0) is 14.9. The standard InChI is InChI=1S/C16H23N5/c1-2-3-4-8-11-18-14-12-15(21-17)20-16(19-14)13-9-6-5-7-10-13/h5-7,9-10,12H,2-4,8,11,17H2,1H3,(H2,18,19,20,21). The SMILES string of the molecule is CCCCCCNc1cc(NN)nc(-c2ccccc2)n1. The molecular weight excluding hydrogens is 262 g/mol. The molecule has 0 bridgehead atoms. The highest BCUT2D eigenvalue weighted by atomic mass is 15.3. The number of hydrogen-bond donors (Lipinski definition) is 3. The molecule has 0 amide bonds. The minimum atomic E-state index is 0.611. The fourth-order valence-electron chi connectivity index (χ4n) is 2.10. The predicted molar refractivity (Wildman–Crippen MR) is 87.9 cm³/mol. The van der Waals surface area contributed by atoms with Gasteiger partial charge in [-0.3, -0.25) is 0 Å². The number of nitrogens with two attached hydrogens (primary N) is 1. The van der Waals surface area contributed by atoms with Gasteiger partial charge in [-0.05, 0) is 6.42 Å². The molecule has 5 heteroatoms. The van der Waals surface area contributed by atoms with Gasteiger partial charge in [-0.2, -0.15) is 0 Å². The van der Waals surface area contributed by atoms with E-state index in [0.29, 0.717) is 11.6 Å². The molecule has 4 N–H and O–H groups in total. The van der Waals surface area contributed by atoms with E-state index in [1.807, 2.05) is 36.4 Å². The van der Waals surface area contributed by atoms with Gasteiger partial charge in [0.15, 0.2) is 5.82 Å². The second-order valence-corrected chi connectivity index (χ2v) is 4.96. The van der Waals surface area contributed by atoms with Crippen molar-refractivity contribution in [1.29, 1.82) is 0 Å². The molecule has 1 aromatic heterocycles. The third-order valence-corrected chi connectivity index (χ3v) is 3.24. The summed E-state index contributed by atoms with van der Waals surface area (Å²) in [5, 5.41) is 3.34. The van der Waals surface area contributed by atoms with Crippen molar-refractivity contribution in [3.8, 4) is 11.4 Å². The van der Waals surface area contributed by atoms with E-state index in [0.717, 1.165) is 24.3 Å². The van der Waals surface area contributed by atoms with E-state index in [1.165, 1.54) is 19.3 Å². The van der Waals surface area contributed by atoms with Crippen LogP contribution in [0.5, 0.6) is 0 Å². The van der Waals surface area contributed by atoms with Gasteiger partial charge in [0.25, 0.3) is 0 Å². The third-order valence-electron chi connectivity index (χ3n) is 3.24. The molecule has 2 aromatic rings. The van der Waals surface area contributed by atoms with Gasteiger partial charge in [-0.15, -0.1) is 0 Å². The van der Waals surface area contributed by atoms with E-state index in [4.69, 9.17) is 5.84 Å². The lowest BCUT2D eigenvalue weighted by molar-refractivity contribution is 0.684. The van der Waals surface area contributed by atoms with Crippen molar-refractivity contribution in [3.63, 3.8) is 0 Å². The number of hydrogen-bond acceptors (Lipinski definition) is 5. The van der Waals surface area contributed by atoms with E-state index in [9.17, 15) is 0 Å². The minimum absolute atomic E-state index is 0.611. The van der Waals surface area contributed by atoms with Crippen molar-refractivity contribution in [2.75, 3.05) is 17.3 Å². The summed E-state index contributed by atoms with van der Waals surface area (Å²) in [6.45, 7) is 3.12. The highest BCUT2D eigenvalue weighted by Crippen LogP contribution is 2.19. The number of unbranched alkanes of at least 4 members (excludes halogenated alkanes) is 3. The Kier molecular flexibility index (Phi) is 5.97. The summed E-state index contributed by atoms with van der Waals surface area (Å²) in [6.07, 6.45) is 4.90. The Balaban J connectivity index is 2.07. The molecule has 1 aromatic carbocycles. The summed E-state index contributed by atoms with van der Waals surface area (Å²) >= 11 is 0. The van der Waals surface area contributed by atoms with Crippen LogP contribution in [0.2, 0.25) is 0 Å². The first kappa shape index (κ1) is 15.3. The highest BCUT2D eigenvalue weighted by Gasteiger charge is 2.05. The molecule has 0 unspecified atom stereocenters. The lowest BCUT2D eigenvalue weighted by Gasteiger charge is -2.09. The van der Waals surface area contributed by atoms with E-state index in [2.05, 4.69) is 27.6 Å². The Morgan fingerprint density at radius 2 is 1.76 bits per heavy atom. The molecule has 5 nitrogen and oxygen atoms in total. The number of nitrogens with zero attached hydrogens (tertiary/aromatic N) is 2. The summed E-state index contributed by atoms with van der Waals surface area (Å²) in [6, 6.07) is 11.7. The van der Waals surface area contributed by atoms with E-state index < -0.39 is 0 Å². The molecule has 0 fully saturated rings. The topological polar surface area (TPSA) is 75.9 Å². The van der Waals surface area contributed by atoms with E-state index in [1.54, 1.807) is 0 Å². The summed E-state index contributed by atoms with van der Waals surface area (Å²) in [7, 11) is 0. The molecule has 0 saturated heterocycles. The largest absolute Gasteiger partial charge is 0.370 e. The van der Waals surface area contributed by atoms with Crippen LogP contribution in [-0.2, 0) is 0 Å². The zero-order valence-electron chi connectivity index (χ0n) is 12.5. The van der Waals surface area contributed by atoms with Crippen LogP contribution in [0.25, 0.3) is 11.4 Å². The Morgan fingerprint density at radius 3 is 2.48 bits per heavy atom. The molecule has 0 spiro atoms. The fraction of sp³-hybridized carbons (Fsp3) is 0.375. The molecule has 1 heterocycles. The first-order valence-corrected chi connectivity index (χ1v) is 7.48. The van der Waals surface area contributed by atoms with E-state index >= 15 is 0 Å². The monoisotopic (exact) mass is 285 g/mol. The van der Waals surface area contributed by atoms with Gasteiger partial charge in [0.05, 0.1) is 0 Å². The number of benzene rings is 1. The van der Waals surface area contributed by atoms with Crippen molar-refractivity contribution >= 4 is 11.6 Å². The lowest BCUT2D eigenvalue weighted by Crippen LogP contribution is -2.11.